The zero-order chi connectivity index (χ0) is 17.4. The number of aromatic amines is 1. The van der Waals surface area contributed by atoms with Gasteiger partial charge in [-0.1, -0.05) is 6.07 Å². The second-order valence-electron chi connectivity index (χ2n) is 6.81. The molecular formula is C19H23N5O. The number of carbonyl (C=O) groups excluding carboxylic acids is 1. The number of rotatable bonds is 3. The predicted molar refractivity (Wildman–Crippen MR) is 95.3 cm³/mol. The molecule has 0 bridgehead atoms. The van der Waals surface area contributed by atoms with Gasteiger partial charge in [0.15, 0.2) is 0 Å². The van der Waals surface area contributed by atoms with E-state index >= 15 is 0 Å². The van der Waals surface area contributed by atoms with Gasteiger partial charge in [0.2, 0.25) is 5.91 Å². The molecule has 6 heteroatoms. The third-order valence-corrected chi connectivity index (χ3v) is 5.17. The lowest BCUT2D eigenvalue weighted by atomic mass is 9.97. The normalized spacial score (nSPS) is 18.0. The van der Waals surface area contributed by atoms with Gasteiger partial charge < -0.3 is 9.30 Å². The molecule has 0 saturated carbocycles. The lowest BCUT2D eigenvalue weighted by molar-refractivity contribution is -0.134. The summed E-state index contributed by atoms with van der Waals surface area (Å²) in [7, 11) is 0. The first-order chi connectivity index (χ1) is 12.1. The van der Waals surface area contributed by atoms with E-state index in [1.54, 1.807) is 0 Å². The highest BCUT2D eigenvalue weighted by atomic mass is 16.2. The number of H-pyrrole nitrogens is 1. The van der Waals surface area contributed by atoms with Crippen LogP contribution in [0.15, 0.2) is 30.6 Å². The van der Waals surface area contributed by atoms with Crippen LogP contribution in [0.2, 0.25) is 0 Å². The Balaban J connectivity index is 1.62. The topological polar surface area (TPSA) is 66.3 Å². The first kappa shape index (κ1) is 15.9. The molecule has 1 atom stereocenters. The highest BCUT2D eigenvalue weighted by Gasteiger charge is 2.30. The maximum atomic E-state index is 13.1. The Kier molecular flexibility index (Phi) is 4.03. The second kappa shape index (κ2) is 6.35. The molecule has 1 saturated heterocycles. The Hall–Kier alpha value is -2.63. The van der Waals surface area contributed by atoms with Gasteiger partial charge in [-0.15, -0.1) is 0 Å². The van der Waals surface area contributed by atoms with Crippen molar-refractivity contribution in [2.75, 3.05) is 6.54 Å². The SMILES string of the molecule is Cc1cn[nH]c1[C@@H]1CCCCN1C(=O)Cc1c(C)nc2ccccn12. The molecule has 4 rings (SSSR count). The average Bonchev–Trinajstić information content (AvgIpc) is 3.18. The van der Waals surface area contributed by atoms with Gasteiger partial charge in [0, 0.05) is 12.7 Å². The van der Waals surface area contributed by atoms with Crippen LogP contribution in [0.25, 0.3) is 5.65 Å². The fourth-order valence-corrected chi connectivity index (χ4v) is 3.85. The average molecular weight is 337 g/mol. The maximum absolute atomic E-state index is 13.1. The highest BCUT2D eigenvalue weighted by Crippen LogP contribution is 2.32. The molecule has 1 amide bonds. The first-order valence-electron chi connectivity index (χ1n) is 8.87. The number of nitrogens with one attached hydrogen (secondary N) is 1. The first-order valence-corrected chi connectivity index (χ1v) is 8.87. The second-order valence-corrected chi connectivity index (χ2v) is 6.81. The van der Waals surface area contributed by atoms with Gasteiger partial charge >= 0.3 is 0 Å². The molecule has 1 fully saturated rings. The Labute approximate surface area is 146 Å². The number of pyridine rings is 1. The van der Waals surface area contributed by atoms with E-state index in [9.17, 15) is 4.79 Å². The monoisotopic (exact) mass is 337 g/mol. The van der Waals surface area contributed by atoms with Crippen LogP contribution >= 0.6 is 0 Å². The summed E-state index contributed by atoms with van der Waals surface area (Å²) in [5.74, 6) is 0.160. The molecule has 130 valence electrons. The van der Waals surface area contributed by atoms with Gasteiger partial charge in [-0.3, -0.25) is 9.89 Å². The van der Waals surface area contributed by atoms with Crippen LogP contribution in [0.3, 0.4) is 0 Å². The third kappa shape index (κ3) is 2.81. The largest absolute Gasteiger partial charge is 0.334 e. The van der Waals surface area contributed by atoms with Gasteiger partial charge in [0.1, 0.15) is 5.65 Å². The maximum Gasteiger partial charge on any atom is 0.229 e. The van der Waals surface area contributed by atoms with Crippen molar-refractivity contribution in [1.82, 2.24) is 24.5 Å². The van der Waals surface area contributed by atoms with Crippen LogP contribution in [0, 0.1) is 13.8 Å². The van der Waals surface area contributed by atoms with Gasteiger partial charge in [-0.25, -0.2) is 4.98 Å². The summed E-state index contributed by atoms with van der Waals surface area (Å²) < 4.78 is 2.02. The van der Waals surface area contributed by atoms with Gasteiger partial charge in [0.25, 0.3) is 0 Å². The van der Waals surface area contributed by atoms with Crippen LogP contribution in [0.4, 0.5) is 0 Å². The lowest BCUT2D eigenvalue weighted by Gasteiger charge is -2.35. The van der Waals surface area contributed by atoms with Crippen LogP contribution in [-0.4, -0.2) is 36.9 Å². The standard InChI is InChI=1S/C19H23N5O/c1-13-12-20-22-19(13)15-7-3-5-10-24(15)18(25)11-16-14(2)21-17-8-4-6-9-23(16)17/h4,6,8-9,12,15H,3,5,7,10-11H2,1-2H3,(H,20,22)/t15-/m0/s1. The molecule has 4 heterocycles. The number of hydrogen-bond donors (Lipinski definition) is 1. The van der Waals surface area contributed by atoms with Crippen molar-refractivity contribution in [1.29, 1.82) is 0 Å². The minimum absolute atomic E-state index is 0.100. The Bertz CT molecular complexity index is 910. The molecule has 0 unspecified atom stereocenters. The van der Waals surface area contributed by atoms with Crippen LogP contribution in [-0.2, 0) is 11.2 Å². The number of piperidine rings is 1. The van der Waals surface area contributed by atoms with Crippen molar-refractivity contribution in [2.45, 2.75) is 45.6 Å². The number of fused-ring (bicyclic) bond motifs is 1. The number of carbonyl (C=O) groups is 1. The van der Waals surface area contributed by atoms with Crippen LogP contribution < -0.4 is 0 Å². The van der Waals surface area contributed by atoms with Gasteiger partial charge in [-0.2, -0.15) is 5.10 Å². The quantitative estimate of drug-likeness (QED) is 0.799. The van der Waals surface area contributed by atoms with Gasteiger partial charge in [-0.05, 0) is 50.8 Å². The van der Waals surface area contributed by atoms with Crippen molar-refractivity contribution in [3.63, 3.8) is 0 Å². The molecule has 6 nitrogen and oxygen atoms in total. The Morgan fingerprint density at radius 2 is 2.20 bits per heavy atom. The molecule has 0 radical (unpaired) electrons. The zero-order valence-electron chi connectivity index (χ0n) is 14.7. The minimum atomic E-state index is 0.100. The van der Waals surface area contributed by atoms with Crippen molar-refractivity contribution < 1.29 is 4.79 Å². The van der Waals surface area contributed by atoms with Crippen LogP contribution in [0.5, 0.6) is 0 Å². The Morgan fingerprint density at radius 1 is 1.32 bits per heavy atom. The summed E-state index contributed by atoms with van der Waals surface area (Å²) in [6, 6.07) is 6.01. The molecule has 1 aliphatic heterocycles. The number of hydrogen-bond acceptors (Lipinski definition) is 3. The summed E-state index contributed by atoms with van der Waals surface area (Å²) in [5.41, 5.74) is 4.98. The van der Waals surface area contributed by atoms with Crippen molar-refractivity contribution in [3.05, 3.63) is 53.2 Å². The van der Waals surface area contributed by atoms with E-state index in [4.69, 9.17) is 0 Å². The number of imidazole rings is 1. The molecule has 0 aliphatic carbocycles. The molecular weight excluding hydrogens is 314 g/mol. The molecule has 0 spiro atoms. The van der Waals surface area contributed by atoms with E-state index in [-0.39, 0.29) is 11.9 Å². The smallest absolute Gasteiger partial charge is 0.229 e. The molecule has 3 aromatic rings. The van der Waals surface area contributed by atoms with E-state index in [0.717, 1.165) is 54.1 Å². The van der Waals surface area contributed by atoms with E-state index < -0.39 is 0 Å². The molecule has 3 aromatic heterocycles. The summed E-state index contributed by atoms with van der Waals surface area (Å²) in [6.45, 7) is 4.82. The van der Waals surface area contributed by atoms with E-state index in [1.807, 2.05) is 53.7 Å². The number of amides is 1. The number of nitrogens with zero attached hydrogens (tertiary/aromatic N) is 4. The fraction of sp³-hybridized carbons (Fsp3) is 0.421. The summed E-state index contributed by atoms with van der Waals surface area (Å²) in [6.07, 6.45) is 7.37. The summed E-state index contributed by atoms with van der Waals surface area (Å²) in [4.78, 5) is 19.7. The van der Waals surface area contributed by atoms with Crippen molar-refractivity contribution in [2.24, 2.45) is 0 Å². The van der Waals surface area contributed by atoms with Gasteiger partial charge in [0.05, 0.1) is 35.7 Å². The Morgan fingerprint density at radius 3 is 3.00 bits per heavy atom. The zero-order valence-corrected chi connectivity index (χ0v) is 14.7. The summed E-state index contributed by atoms with van der Waals surface area (Å²) in [5, 5.41) is 7.24. The number of aromatic nitrogens is 4. The van der Waals surface area contributed by atoms with E-state index in [1.165, 1.54) is 0 Å². The van der Waals surface area contributed by atoms with Crippen molar-refractivity contribution in [3.8, 4) is 0 Å². The molecule has 25 heavy (non-hydrogen) atoms. The fourth-order valence-electron chi connectivity index (χ4n) is 3.85. The van der Waals surface area contributed by atoms with Crippen LogP contribution in [0.1, 0.15) is 47.9 Å². The summed E-state index contributed by atoms with van der Waals surface area (Å²) >= 11 is 0. The molecule has 0 aromatic carbocycles. The molecule has 1 N–H and O–H groups in total. The lowest BCUT2D eigenvalue weighted by Crippen LogP contribution is -2.40. The minimum Gasteiger partial charge on any atom is -0.334 e. The number of aryl methyl sites for hydroxylation is 2. The van der Waals surface area contributed by atoms with E-state index in [0.29, 0.717) is 6.42 Å². The highest BCUT2D eigenvalue weighted by molar-refractivity contribution is 5.79. The predicted octanol–water partition coefficient (Wildman–Crippen LogP) is 2.97. The number of likely N-dealkylation sites (tertiary alicyclic amines) is 1. The van der Waals surface area contributed by atoms with E-state index in [2.05, 4.69) is 15.2 Å². The molecule has 1 aliphatic rings. The third-order valence-electron chi connectivity index (χ3n) is 5.17. The van der Waals surface area contributed by atoms with Crippen molar-refractivity contribution >= 4 is 11.6 Å².